The van der Waals surface area contributed by atoms with Crippen LogP contribution in [0.1, 0.15) is 30.8 Å². The van der Waals surface area contributed by atoms with Crippen LogP contribution in [0, 0.1) is 0 Å². The van der Waals surface area contributed by atoms with E-state index in [0.29, 0.717) is 29.6 Å². The smallest absolute Gasteiger partial charge is 0.227 e. The lowest BCUT2D eigenvalue weighted by Crippen LogP contribution is -2.26. The van der Waals surface area contributed by atoms with E-state index in [2.05, 4.69) is 15.5 Å². The number of hydrogen-bond donors (Lipinski definition) is 1. The molecule has 0 saturated carbocycles. The second-order valence-corrected chi connectivity index (χ2v) is 6.15. The molecular formula is C19H18ClN3O2. The molecule has 128 valence electrons. The quantitative estimate of drug-likeness (QED) is 0.719. The lowest BCUT2D eigenvalue weighted by Gasteiger charge is -2.13. The second-order valence-electron chi connectivity index (χ2n) is 5.72. The molecule has 3 rings (SSSR count). The largest absolute Gasteiger partial charge is 0.350 e. The highest BCUT2D eigenvalue weighted by molar-refractivity contribution is 6.30. The molecule has 1 atom stereocenters. The van der Waals surface area contributed by atoms with Gasteiger partial charge >= 0.3 is 0 Å². The van der Waals surface area contributed by atoms with Crippen LogP contribution in [-0.4, -0.2) is 16.0 Å². The number of carbonyl (C=O) groups is 1. The zero-order chi connectivity index (χ0) is 17.6. The van der Waals surface area contributed by atoms with Gasteiger partial charge in [-0.25, -0.2) is 0 Å². The van der Waals surface area contributed by atoms with Crippen LogP contribution >= 0.6 is 11.6 Å². The average molecular weight is 356 g/mol. The molecule has 0 aliphatic carbocycles. The van der Waals surface area contributed by atoms with Crippen LogP contribution < -0.4 is 5.32 Å². The molecular weight excluding hydrogens is 338 g/mol. The van der Waals surface area contributed by atoms with Gasteiger partial charge in [-0.3, -0.25) is 4.79 Å². The molecule has 3 aromatic rings. The van der Waals surface area contributed by atoms with E-state index in [1.165, 1.54) is 0 Å². The summed E-state index contributed by atoms with van der Waals surface area (Å²) in [6, 6.07) is 17.0. The van der Waals surface area contributed by atoms with Crippen molar-refractivity contribution in [3.8, 4) is 11.4 Å². The van der Waals surface area contributed by atoms with Crippen LogP contribution in [0.3, 0.4) is 0 Å². The van der Waals surface area contributed by atoms with Gasteiger partial charge in [-0.1, -0.05) is 47.1 Å². The van der Waals surface area contributed by atoms with Crippen molar-refractivity contribution in [3.05, 3.63) is 71.1 Å². The normalized spacial score (nSPS) is 11.9. The Kier molecular flexibility index (Phi) is 5.46. The fraction of sp³-hybridized carbons (Fsp3) is 0.211. The number of carbonyl (C=O) groups excluding carboxylic acids is 1. The topological polar surface area (TPSA) is 68.0 Å². The summed E-state index contributed by atoms with van der Waals surface area (Å²) in [4.78, 5) is 16.4. The Morgan fingerprint density at radius 1 is 1.16 bits per heavy atom. The number of nitrogens with zero attached hydrogens (tertiary/aromatic N) is 2. The predicted molar refractivity (Wildman–Crippen MR) is 96.1 cm³/mol. The molecule has 0 radical (unpaired) electrons. The second kappa shape index (κ2) is 7.94. The van der Waals surface area contributed by atoms with Gasteiger partial charge in [-0.05, 0) is 36.8 Å². The maximum Gasteiger partial charge on any atom is 0.227 e. The Balaban J connectivity index is 1.53. The first-order chi connectivity index (χ1) is 12.1. The van der Waals surface area contributed by atoms with Gasteiger partial charge in [-0.15, -0.1) is 0 Å². The van der Waals surface area contributed by atoms with Crippen molar-refractivity contribution in [2.45, 2.75) is 25.8 Å². The van der Waals surface area contributed by atoms with Crippen LogP contribution in [0.4, 0.5) is 0 Å². The first-order valence-corrected chi connectivity index (χ1v) is 8.42. The summed E-state index contributed by atoms with van der Waals surface area (Å²) in [5, 5.41) is 7.56. The number of nitrogens with one attached hydrogen (secondary N) is 1. The van der Waals surface area contributed by atoms with Crippen molar-refractivity contribution in [3.63, 3.8) is 0 Å². The van der Waals surface area contributed by atoms with Crippen LogP contribution in [0.5, 0.6) is 0 Å². The molecule has 5 nitrogen and oxygen atoms in total. The van der Waals surface area contributed by atoms with E-state index in [-0.39, 0.29) is 11.9 Å². The van der Waals surface area contributed by atoms with Crippen molar-refractivity contribution >= 4 is 17.5 Å². The predicted octanol–water partition coefficient (Wildman–Crippen LogP) is 4.20. The fourth-order valence-electron chi connectivity index (χ4n) is 2.43. The molecule has 0 aliphatic rings. The van der Waals surface area contributed by atoms with E-state index >= 15 is 0 Å². The first-order valence-electron chi connectivity index (χ1n) is 8.04. The molecule has 1 heterocycles. The van der Waals surface area contributed by atoms with Crippen LogP contribution in [0.2, 0.25) is 5.02 Å². The molecule has 0 aliphatic heterocycles. The number of aryl methyl sites for hydroxylation is 1. The van der Waals surface area contributed by atoms with Crippen molar-refractivity contribution in [1.82, 2.24) is 15.5 Å². The summed E-state index contributed by atoms with van der Waals surface area (Å²) < 4.78 is 5.22. The third-order valence-corrected chi connectivity index (χ3v) is 4.07. The highest BCUT2D eigenvalue weighted by atomic mass is 35.5. The molecule has 1 N–H and O–H groups in total. The third kappa shape index (κ3) is 4.67. The Labute approximate surface area is 151 Å². The van der Waals surface area contributed by atoms with Crippen molar-refractivity contribution in [2.24, 2.45) is 0 Å². The molecule has 6 heteroatoms. The van der Waals surface area contributed by atoms with Crippen molar-refractivity contribution in [2.75, 3.05) is 0 Å². The summed E-state index contributed by atoms with van der Waals surface area (Å²) >= 11 is 5.87. The molecule has 2 aromatic carbocycles. The summed E-state index contributed by atoms with van der Waals surface area (Å²) in [5.41, 5.74) is 1.89. The van der Waals surface area contributed by atoms with Gasteiger partial charge in [0.15, 0.2) is 0 Å². The van der Waals surface area contributed by atoms with Crippen LogP contribution in [0.25, 0.3) is 11.4 Å². The minimum Gasteiger partial charge on any atom is -0.350 e. The van der Waals surface area contributed by atoms with E-state index in [1.54, 1.807) is 12.1 Å². The number of hydrogen-bond acceptors (Lipinski definition) is 4. The molecule has 25 heavy (non-hydrogen) atoms. The van der Waals surface area contributed by atoms with Gasteiger partial charge < -0.3 is 9.84 Å². The highest BCUT2D eigenvalue weighted by Gasteiger charge is 2.13. The Hall–Kier alpha value is -2.66. The van der Waals surface area contributed by atoms with Crippen LogP contribution in [0.15, 0.2) is 59.1 Å². The van der Waals surface area contributed by atoms with E-state index in [1.807, 2.05) is 49.4 Å². The summed E-state index contributed by atoms with van der Waals surface area (Å²) in [5.74, 6) is 0.875. The van der Waals surface area contributed by atoms with Gasteiger partial charge in [0.25, 0.3) is 0 Å². The fourth-order valence-corrected chi connectivity index (χ4v) is 2.56. The minimum absolute atomic E-state index is 0.0407. The molecule has 0 spiro atoms. The Bertz CT molecular complexity index is 831. The molecule has 1 aromatic heterocycles. The maximum absolute atomic E-state index is 12.1. The standard InChI is InChI=1S/C19H18ClN3O2/c1-13(14-5-3-2-4-6-14)21-17(24)11-12-18-22-19(23-25-18)15-7-9-16(20)10-8-15/h2-10,13H,11-12H2,1H3,(H,21,24). The van der Waals surface area contributed by atoms with E-state index < -0.39 is 0 Å². The maximum atomic E-state index is 12.1. The summed E-state index contributed by atoms with van der Waals surface area (Å²) in [6.07, 6.45) is 0.688. The lowest BCUT2D eigenvalue weighted by atomic mass is 10.1. The molecule has 0 bridgehead atoms. The van der Waals surface area contributed by atoms with E-state index in [9.17, 15) is 4.79 Å². The first kappa shape index (κ1) is 17.2. The summed E-state index contributed by atoms with van der Waals surface area (Å²) in [6.45, 7) is 1.96. The van der Waals surface area contributed by atoms with Gasteiger partial charge in [-0.2, -0.15) is 4.98 Å². The van der Waals surface area contributed by atoms with Crippen molar-refractivity contribution in [1.29, 1.82) is 0 Å². The molecule has 1 unspecified atom stereocenters. The Morgan fingerprint density at radius 3 is 2.60 bits per heavy atom. The molecule has 0 fully saturated rings. The van der Waals surface area contributed by atoms with Crippen molar-refractivity contribution < 1.29 is 9.32 Å². The number of benzene rings is 2. The zero-order valence-electron chi connectivity index (χ0n) is 13.8. The van der Waals surface area contributed by atoms with Gasteiger partial charge in [0, 0.05) is 23.4 Å². The van der Waals surface area contributed by atoms with Gasteiger partial charge in [0.05, 0.1) is 6.04 Å². The number of aromatic nitrogens is 2. The number of amides is 1. The van der Waals surface area contributed by atoms with Gasteiger partial charge in [0.1, 0.15) is 0 Å². The summed E-state index contributed by atoms with van der Waals surface area (Å²) in [7, 11) is 0. The van der Waals surface area contributed by atoms with E-state index in [4.69, 9.17) is 16.1 Å². The zero-order valence-corrected chi connectivity index (χ0v) is 14.5. The highest BCUT2D eigenvalue weighted by Crippen LogP contribution is 2.19. The van der Waals surface area contributed by atoms with Crippen LogP contribution in [-0.2, 0) is 11.2 Å². The average Bonchev–Trinajstić information content (AvgIpc) is 3.10. The minimum atomic E-state index is -0.0532. The molecule has 0 saturated heterocycles. The monoisotopic (exact) mass is 355 g/mol. The SMILES string of the molecule is CC(NC(=O)CCc1nc(-c2ccc(Cl)cc2)no1)c1ccccc1. The molecule has 1 amide bonds. The van der Waals surface area contributed by atoms with Gasteiger partial charge in [0.2, 0.25) is 17.6 Å². The third-order valence-electron chi connectivity index (χ3n) is 3.81. The number of rotatable bonds is 6. The lowest BCUT2D eigenvalue weighted by molar-refractivity contribution is -0.121. The van der Waals surface area contributed by atoms with E-state index in [0.717, 1.165) is 11.1 Å². The number of halogens is 1. The Morgan fingerprint density at radius 2 is 1.88 bits per heavy atom.